The quantitative estimate of drug-likeness (QED) is 0.780. The van der Waals surface area contributed by atoms with E-state index in [0.29, 0.717) is 11.7 Å². The van der Waals surface area contributed by atoms with Crippen LogP contribution in [0.5, 0.6) is 0 Å². The van der Waals surface area contributed by atoms with Crippen LogP contribution >= 0.6 is 0 Å². The second-order valence-corrected chi connectivity index (χ2v) is 7.27. The first kappa shape index (κ1) is 12.3. The summed E-state index contributed by atoms with van der Waals surface area (Å²) in [5.41, 5.74) is 6.16. The topological polar surface area (TPSA) is 69.4 Å². The van der Waals surface area contributed by atoms with E-state index in [0.717, 1.165) is 45.3 Å². The highest BCUT2D eigenvalue weighted by Crippen LogP contribution is 2.28. The van der Waals surface area contributed by atoms with Gasteiger partial charge in [-0.3, -0.25) is 0 Å². The first-order valence-corrected chi connectivity index (χ1v) is 7.88. The van der Waals surface area contributed by atoms with Crippen molar-refractivity contribution in [3.05, 3.63) is 0 Å². The van der Waals surface area contributed by atoms with E-state index in [1.165, 1.54) is 0 Å². The molecule has 2 fully saturated rings. The number of hydrogen-bond acceptors (Lipinski definition) is 4. The number of hydrogen-bond donors (Lipinski definition) is 1. The maximum Gasteiger partial charge on any atom is 0.154 e. The van der Waals surface area contributed by atoms with E-state index in [-0.39, 0.29) is 11.3 Å². The van der Waals surface area contributed by atoms with Crippen LogP contribution < -0.4 is 5.73 Å². The Hall–Kier alpha value is -0.130. The van der Waals surface area contributed by atoms with Gasteiger partial charge in [0.15, 0.2) is 9.84 Å². The molecule has 5 heteroatoms. The molecule has 0 amide bonds. The molecule has 0 aliphatic carbocycles. The molecular weight excluding hydrogens is 226 g/mol. The monoisotopic (exact) mass is 247 g/mol. The molecule has 0 aromatic carbocycles. The van der Waals surface area contributed by atoms with Crippen LogP contribution in [0.15, 0.2) is 0 Å². The number of sulfone groups is 1. The van der Waals surface area contributed by atoms with E-state index >= 15 is 0 Å². The molecule has 16 heavy (non-hydrogen) atoms. The van der Waals surface area contributed by atoms with Gasteiger partial charge in [-0.2, -0.15) is 0 Å². The molecule has 2 heterocycles. The van der Waals surface area contributed by atoms with Crippen LogP contribution in [0.3, 0.4) is 0 Å². The molecule has 2 unspecified atom stereocenters. The van der Waals surface area contributed by atoms with E-state index in [1.54, 1.807) is 0 Å². The van der Waals surface area contributed by atoms with Crippen molar-refractivity contribution in [2.45, 2.75) is 43.4 Å². The van der Waals surface area contributed by atoms with Crippen molar-refractivity contribution in [3.63, 3.8) is 0 Å². The van der Waals surface area contributed by atoms with Gasteiger partial charge in [-0.05, 0) is 31.6 Å². The van der Waals surface area contributed by atoms with Gasteiger partial charge in [0.1, 0.15) is 0 Å². The van der Waals surface area contributed by atoms with Crippen molar-refractivity contribution in [2.75, 3.05) is 19.0 Å². The Kier molecular flexibility index (Phi) is 3.87. The van der Waals surface area contributed by atoms with Gasteiger partial charge in [0.2, 0.25) is 0 Å². The van der Waals surface area contributed by atoms with Crippen molar-refractivity contribution in [2.24, 2.45) is 11.7 Å². The molecular formula is C11H21NO3S. The zero-order valence-electron chi connectivity index (χ0n) is 9.60. The summed E-state index contributed by atoms with van der Waals surface area (Å²) in [4.78, 5) is 0. The maximum absolute atomic E-state index is 12.0. The Bertz CT molecular complexity index is 322. The van der Waals surface area contributed by atoms with Crippen LogP contribution in [-0.4, -0.2) is 38.7 Å². The minimum Gasteiger partial charge on any atom is -0.381 e. The maximum atomic E-state index is 12.0. The van der Waals surface area contributed by atoms with Gasteiger partial charge in [0, 0.05) is 19.3 Å². The molecule has 2 N–H and O–H groups in total. The SMILES string of the molecule is NC(C1CCOCC1)C1CCCCS1(=O)=O. The van der Waals surface area contributed by atoms with Crippen molar-refractivity contribution >= 4 is 9.84 Å². The fraction of sp³-hybridized carbons (Fsp3) is 1.00. The standard InChI is InChI=1S/C11H21NO3S/c12-11(9-4-6-15-7-5-9)10-3-1-2-8-16(10,13)14/h9-11H,1-8,12H2. The molecule has 2 rings (SSSR count). The molecule has 2 aliphatic heterocycles. The third kappa shape index (κ3) is 2.57. The van der Waals surface area contributed by atoms with Gasteiger partial charge < -0.3 is 10.5 Å². The zero-order chi connectivity index (χ0) is 11.6. The van der Waals surface area contributed by atoms with Crippen LogP contribution in [-0.2, 0) is 14.6 Å². The molecule has 2 atom stereocenters. The van der Waals surface area contributed by atoms with Crippen LogP contribution in [0.4, 0.5) is 0 Å². The van der Waals surface area contributed by atoms with E-state index in [1.807, 2.05) is 0 Å². The Morgan fingerprint density at radius 2 is 1.81 bits per heavy atom. The third-order valence-corrected chi connectivity index (χ3v) is 6.20. The summed E-state index contributed by atoms with van der Waals surface area (Å²) in [7, 11) is -2.94. The summed E-state index contributed by atoms with van der Waals surface area (Å²) in [6.45, 7) is 1.45. The van der Waals surface area contributed by atoms with Crippen molar-refractivity contribution in [3.8, 4) is 0 Å². The van der Waals surface area contributed by atoms with E-state index < -0.39 is 9.84 Å². The molecule has 0 saturated carbocycles. The second-order valence-electron chi connectivity index (χ2n) is 4.93. The van der Waals surface area contributed by atoms with Gasteiger partial charge >= 0.3 is 0 Å². The molecule has 0 aromatic rings. The lowest BCUT2D eigenvalue weighted by atomic mass is 9.88. The van der Waals surface area contributed by atoms with E-state index in [9.17, 15) is 8.42 Å². The van der Waals surface area contributed by atoms with Gasteiger partial charge in [-0.15, -0.1) is 0 Å². The Balaban J connectivity index is 2.04. The predicted octanol–water partition coefficient (Wildman–Crippen LogP) is 0.708. The summed E-state index contributed by atoms with van der Waals surface area (Å²) < 4.78 is 29.2. The number of nitrogens with two attached hydrogens (primary N) is 1. The molecule has 0 bridgehead atoms. The Morgan fingerprint density at radius 1 is 1.12 bits per heavy atom. The van der Waals surface area contributed by atoms with E-state index in [2.05, 4.69) is 0 Å². The predicted molar refractivity (Wildman–Crippen MR) is 62.9 cm³/mol. The van der Waals surface area contributed by atoms with Crippen LogP contribution in [0, 0.1) is 5.92 Å². The lowest BCUT2D eigenvalue weighted by molar-refractivity contribution is 0.0574. The zero-order valence-corrected chi connectivity index (χ0v) is 10.4. The molecule has 2 aliphatic rings. The molecule has 0 radical (unpaired) electrons. The highest BCUT2D eigenvalue weighted by Gasteiger charge is 2.37. The number of rotatable bonds is 2. The second kappa shape index (κ2) is 5.02. The van der Waals surface area contributed by atoms with Gasteiger partial charge in [-0.25, -0.2) is 8.42 Å². The fourth-order valence-corrected chi connectivity index (χ4v) is 4.95. The van der Waals surface area contributed by atoms with Gasteiger partial charge in [0.25, 0.3) is 0 Å². The van der Waals surface area contributed by atoms with Crippen molar-refractivity contribution in [1.82, 2.24) is 0 Å². The molecule has 0 aromatic heterocycles. The lowest BCUT2D eigenvalue weighted by Crippen LogP contribution is -2.49. The molecule has 94 valence electrons. The van der Waals surface area contributed by atoms with Gasteiger partial charge in [-0.1, -0.05) is 6.42 Å². The fourth-order valence-electron chi connectivity index (χ4n) is 2.82. The van der Waals surface area contributed by atoms with Crippen LogP contribution in [0.25, 0.3) is 0 Å². The lowest BCUT2D eigenvalue weighted by Gasteiger charge is -2.34. The Morgan fingerprint density at radius 3 is 2.44 bits per heavy atom. The highest BCUT2D eigenvalue weighted by atomic mass is 32.2. The van der Waals surface area contributed by atoms with E-state index in [4.69, 9.17) is 10.5 Å². The molecule has 0 spiro atoms. The first-order chi connectivity index (χ1) is 7.61. The summed E-state index contributed by atoms with van der Waals surface area (Å²) in [6.07, 6.45) is 4.38. The van der Waals surface area contributed by atoms with Crippen LogP contribution in [0.2, 0.25) is 0 Å². The third-order valence-electron chi connectivity index (χ3n) is 3.87. The molecule has 4 nitrogen and oxygen atoms in total. The average Bonchev–Trinajstić information content (AvgIpc) is 2.29. The summed E-state index contributed by atoms with van der Waals surface area (Å²) >= 11 is 0. The normalized spacial score (nSPS) is 33.4. The minimum absolute atomic E-state index is 0.186. The minimum atomic E-state index is -2.94. The smallest absolute Gasteiger partial charge is 0.154 e. The van der Waals surface area contributed by atoms with Crippen molar-refractivity contribution < 1.29 is 13.2 Å². The molecule has 2 saturated heterocycles. The summed E-state index contributed by atoms with van der Waals surface area (Å²) in [6, 6.07) is -0.186. The van der Waals surface area contributed by atoms with Gasteiger partial charge in [0.05, 0.1) is 11.0 Å². The Labute approximate surface area is 97.5 Å². The highest BCUT2D eigenvalue weighted by molar-refractivity contribution is 7.92. The summed E-state index contributed by atoms with van der Waals surface area (Å²) in [5.74, 6) is 0.654. The van der Waals surface area contributed by atoms with Crippen LogP contribution in [0.1, 0.15) is 32.1 Å². The largest absolute Gasteiger partial charge is 0.381 e. The number of ether oxygens (including phenoxy) is 1. The summed E-state index contributed by atoms with van der Waals surface area (Å²) in [5, 5.41) is -0.302. The van der Waals surface area contributed by atoms with Crippen molar-refractivity contribution in [1.29, 1.82) is 0 Å². The average molecular weight is 247 g/mol. The first-order valence-electron chi connectivity index (χ1n) is 6.16.